The van der Waals surface area contributed by atoms with Crippen molar-refractivity contribution in [3.63, 3.8) is 0 Å². The molecule has 0 heterocycles. The van der Waals surface area contributed by atoms with Crippen molar-refractivity contribution in [2.45, 2.75) is 58.5 Å². The molecule has 1 N–H and O–H groups in total. The van der Waals surface area contributed by atoms with Gasteiger partial charge in [-0.05, 0) is 39.0 Å². The Morgan fingerprint density at radius 3 is 2.47 bits per heavy atom. The van der Waals surface area contributed by atoms with E-state index in [9.17, 15) is 9.90 Å². The first kappa shape index (κ1) is 12.5. The van der Waals surface area contributed by atoms with Gasteiger partial charge in [-0.1, -0.05) is 13.3 Å². The number of carbonyl (C=O) groups excluding carboxylic acids is 1. The minimum absolute atomic E-state index is 0.0867. The summed E-state index contributed by atoms with van der Waals surface area (Å²) in [6, 6.07) is 0. The average molecular weight is 214 g/mol. The van der Waals surface area contributed by atoms with E-state index < -0.39 is 5.41 Å². The number of ether oxygens (including phenoxy) is 1. The summed E-state index contributed by atoms with van der Waals surface area (Å²) in [5.74, 6) is -0.237. The minimum atomic E-state index is -0.711. The third-order valence-corrected chi connectivity index (χ3v) is 3.45. The zero-order valence-electron chi connectivity index (χ0n) is 9.79. The summed E-state index contributed by atoms with van der Waals surface area (Å²) in [4.78, 5) is 11.8. The Balaban J connectivity index is 2.45. The molecule has 0 aliphatic heterocycles. The molecule has 0 aromatic heterocycles. The molecule has 15 heavy (non-hydrogen) atoms. The second kappa shape index (κ2) is 5.50. The summed E-state index contributed by atoms with van der Waals surface area (Å²) in [6.45, 7) is 3.53. The van der Waals surface area contributed by atoms with E-state index in [0.717, 1.165) is 25.7 Å². The van der Waals surface area contributed by atoms with Crippen LogP contribution in [0.3, 0.4) is 0 Å². The summed E-state index contributed by atoms with van der Waals surface area (Å²) in [5.41, 5.74) is -0.711. The Bertz CT molecular complexity index is 203. The van der Waals surface area contributed by atoms with Crippen LogP contribution < -0.4 is 0 Å². The van der Waals surface area contributed by atoms with E-state index >= 15 is 0 Å². The number of carbonyl (C=O) groups is 1. The predicted molar refractivity (Wildman–Crippen MR) is 58.4 cm³/mol. The Kier molecular flexibility index (Phi) is 4.58. The molecule has 1 aliphatic carbocycles. The Hall–Kier alpha value is -0.570. The molecule has 1 rings (SSSR count). The zero-order valence-corrected chi connectivity index (χ0v) is 9.79. The summed E-state index contributed by atoms with van der Waals surface area (Å²) in [7, 11) is 0. The summed E-state index contributed by atoms with van der Waals surface area (Å²) in [6.07, 6.45) is 6.23. The van der Waals surface area contributed by atoms with Crippen molar-refractivity contribution in [3.05, 3.63) is 0 Å². The molecule has 1 fully saturated rings. The maximum Gasteiger partial charge on any atom is 0.314 e. The lowest BCUT2D eigenvalue weighted by molar-refractivity contribution is -0.164. The van der Waals surface area contributed by atoms with Crippen molar-refractivity contribution in [1.29, 1.82) is 0 Å². The van der Waals surface area contributed by atoms with Crippen LogP contribution in [0.2, 0.25) is 0 Å². The molecule has 1 atom stereocenters. The molecule has 0 aromatic rings. The van der Waals surface area contributed by atoms with Gasteiger partial charge in [0.15, 0.2) is 0 Å². The minimum Gasteiger partial charge on any atom is -0.462 e. The van der Waals surface area contributed by atoms with Crippen LogP contribution in [0.25, 0.3) is 0 Å². The van der Waals surface area contributed by atoms with E-state index in [-0.39, 0.29) is 18.7 Å². The fraction of sp³-hybridized carbons (Fsp3) is 0.917. The van der Waals surface area contributed by atoms with Crippen LogP contribution in [0.4, 0.5) is 0 Å². The molecule has 0 radical (unpaired) electrons. The number of aliphatic hydroxyl groups excluding tert-OH is 1. The van der Waals surface area contributed by atoms with Crippen molar-refractivity contribution in [1.82, 2.24) is 0 Å². The van der Waals surface area contributed by atoms with E-state index in [1.165, 1.54) is 6.42 Å². The van der Waals surface area contributed by atoms with Crippen LogP contribution in [0.1, 0.15) is 52.4 Å². The lowest BCUT2D eigenvalue weighted by atomic mass is 9.88. The Labute approximate surface area is 91.8 Å². The highest BCUT2D eigenvalue weighted by atomic mass is 16.5. The molecule has 0 spiro atoms. The van der Waals surface area contributed by atoms with Crippen LogP contribution in [-0.2, 0) is 9.53 Å². The molecule has 0 saturated heterocycles. The number of esters is 1. The van der Waals surface area contributed by atoms with Crippen LogP contribution >= 0.6 is 0 Å². The van der Waals surface area contributed by atoms with Gasteiger partial charge in [-0.25, -0.2) is 0 Å². The van der Waals surface area contributed by atoms with Gasteiger partial charge >= 0.3 is 5.97 Å². The van der Waals surface area contributed by atoms with E-state index in [4.69, 9.17) is 4.74 Å². The quantitative estimate of drug-likeness (QED) is 0.730. The normalized spacial score (nSPS) is 22.1. The number of aliphatic hydroxyl groups is 1. The van der Waals surface area contributed by atoms with Gasteiger partial charge in [0.05, 0.1) is 12.0 Å². The third-order valence-electron chi connectivity index (χ3n) is 3.45. The van der Waals surface area contributed by atoms with E-state index in [1.54, 1.807) is 6.92 Å². The van der Waals surface area contributed by atoms with Crippen LogP contribution in [0.15, 0.2) is 0 Å². The summed E-state index contributed by atoms with van der Waals surface area (Å²) >= 11 is 0. The lowest BCUT2D eigenvalue weighted by Gasteiger charge is -2.28. The first-order chi connectivity index (χ1) is 7.12. The van der Waals surface area contributed by atoms with Crippen molar-refractivity contribution >= 4 is 5.97 Å². The zero-order chi connectivity index (χ0) is 11.3. The highest BCUT2D eigenvalue weighted by Crippen LogP contribution is 2.26. The molecule has 1 unspecified atom stereocenters. The highest BCUT2D eigenvalue weighted by molar-refractivity contribution is 5.76. The van der Waals surface area contributed by atoms with Gasteiger partial charge in [0, 0.05) is 0 Å². The summed E-state index contributed by atoms with van der Waals surface area (Å²) in [5, 5.41) is 9.18. The van der Waals surface area contributed by atoms with Gasteiger partial charge < -0.3 is 9.84 Å². The topological polar surface area (TPSA) is 46.5 Å². The molecular formula is C12H22O3. The predicted octanol–water partition coefficient (Wildman–Crippen LogP) is 2.27. The van der Waals surface area contributed by atoms with Crippen molar-refractivity contribution < 1.29 is 14.6 Å². The molecule has 1 aliphatic rings. The Morgan fingerprint density at radius 1 is 1.40 bits per heavy atom. The fourth-order valence-electron chi connectivity index (χ4n) is 1.80. The van der Waals surface area contributed by atoms with E-state index in [1.807, 2.05) is 6.92 Å². The Morgan fingerprint density at radius 2 is 2.00 bits per heavy atom. The molecule has 3 nitrogen and oxygen atoms in total. The largest absolute Gasteiger partial charge is 0.462 e. The van der Waals surface area contributed by atoms with Gasteiger partial charge in [-0.3, -0.25) is 4.79 Å². The highest BCUT2D eigenvalue weighted by Gasteiger charge is 2.34. The average Bonchev–Trinajstić information content (AvgIpc) is 2.29. The smallest absolute Gasteiger partial charge is 0.314 e. The van der Waals surface area contributed by atoms with E-state index in [0.29, 0.717) is 6.42 Å². The number of rotatable bonds is 4. The van der Waals surface area contributed by atoms with E-state index in [2.05, 4.69) is 0 Å². The maximum atomic E-state index is 11.8. The molecule has 0 bridgehead atoms. The number of hydrogen-bond acceptors (Lipinski definition) is 3. The second-order valence-electron chi connectivity index (χ2n) is 4.74. The first-order valence-corrected chi connectivity index (χ1v) is 5.94. The lowest BCUT2D eigenvalue weighted by Crippen LogP contribution is -2.36. The molecular weight excluding hydrogens is 192 g/mol. The van der Waals surface area contributed by atoms with Crippen LogP contribution in [0, 0.1) is 5.41 Å². The van der Waals surface area contributed by atoms with Gasteiger partial charge in [0.25, 0.3) is 0 Å². The third kappa shape index (κ3) is 3.20. The van der Waals surface area contributed by atoms with Crippen molar-refractivity contribution in [2.75, 3.05) is 6.61 Å². The second-order valence-corrected chi connectivity index (χ2v) is 4.74. The molecule has 0 aromatic carbocycles. The van der Waals surface area contributed by atoms with Gasteiger partial charge in [-0.2, -0.15) is 0 Å². The standard InChI is InChI=1S/C12H22O3/c1-3-12(2,9-13)11(14)15-10-7-5-4-6-8-10/h10,13H,3-9H2,1-2H3. The molecule has 3 heteroatoms. The van der Waals surface area contributed by atoms with Gasteiger partial charge in [-0.15, -0.1) is 0 Å². The first-order valence-electron chi connectivity index (χ1n) is 5.94. The molecule has 1 saturated carbocycles. The van der Waals surface area contributed by atoms with Crippen LogP contribution in [-0.4, -0.2) is 23.8 Å². The summed E-state index contributed by atoms with van der Waals surface area (Å²) < 4.78 is 5.44. The molecule has 88 valence electrons. The maximum absolute atomic E-state index is 11.8. The SMILES string of the molecule is CCC(C)(CO)C(=O)OC1CCCCC1. The molecule has 0 amide bonds. The van der Waals surface area contributed by atoms with Gasteiger partial charge in [0.1, 0.15) is 6.10 Å². The van der Waals surface area contributed by atoms with Crippen molar-refractivity contribution in [3.8, 4) is 0 Å². The number of hydrogen-bond donors (Lipinski definition) is 1. The fourth-order valence-corrected chi connectivity index (χ4v) is 1.80. The van der Waals surface area contributed by atoms with Gasteiger partial charge in [0.2, 0.25) is 0 Å². The van der Waals surface area contributed by atoms with Crippen molar-refractivity contribution in [2.24, 2.45) is 5.41 Å². The monoisotopic (exact) mass is 214 g/mol. The van der Waals surface area contributed by atoms with Crippen LogP contribution in [0.5, 0.6) is 0 Å².